The zero-order valence-corrected chi connectivity index (χ0v) is 10.9. The van der Waals surface area contributed by atoms with Gasteiger partial charge < -0.3 is 4.90 Å². The van der Waals surface area contributed by atoms with Gasteiger partial charge in [-0.05, 0) is 76.0 Å². The molecular formula is C14H23N. The van der Waals surface area contributed by atoms with Gasteiger partial charge in [0.25, 0.3) is 0 Å². The molecule has 0 N–H and O–H groups in total. The molecule has 0 aliphatic rings. The molecule has 0 radical (unpaired) electrons. The van der Waals surface area contributed by atoms with Gasteiger partial charge in [-0.25, -0.2) is 0 Å². The van der Waals surface area contributed by atoms with E-state index in [2.05, 4.69) is 52.8 Å². The molecule has 0 saturated carbocycles. The molecule has 1 aromatic rings. The Morgan fingerprint density at radius 3 is 1.80 bits per heavy atom. The normalized spacial score (nSPS) is 11.1. The summed E-state index contributed by atoms with van der Waals surface area (Å²) >= 11 is 0. The molecule has 15 heavy (non-hydrogen) atoms. The predicted molar refractivity (Wildman–Crippen MR) is 67.6 cm³/mol. The minimum atomic E-state index is 1.13. The van der Waals surface area contributed by atoms with E-state index >= 15 is 0 Å². The zero-order valence-electron chi connectivity index (χ0n) is 10.9. The van der Waals surface area contributed by atoms with E-state index in [4.69, 9.17) is 0 Å². The smallest absolute Gasteiger partial charge is 0.00159 e. The van der Waals surface area contributed by atoms with Crippen molar-refractivity contribution in [2.24, 2.45) is 0 Å². The summed E-state index contributed by atoms with van der Waals surface area (Å²) in [5, 5.41) is 0. The first-order chi connectivity index (χ1) is 6.93. The Hall–Kier alpha value is -0.820. The van der Waals surface area contributed by atoms with Gasteiger partial charge >= 0.3 is 0 Å². The highest BCUT2D eigenvalue weighted by atomic mass is 15.0. The maximum absolute atomic E-state index is 2.30. The van der Waals surface area contributed by atoms with E-state index in [0.717, 1.165) is 13.0 Å². The molecule has 0 fully saturated rings. The van der Waals surface area contributed by atoms with Crippen molar-refractivity contribution in [3.8, 4) is 0 Å². The Kier molecular flexibility index (Phi) is 3.92. The Labute approximate surface area is 94.1 Å². The van der Waals surface area contributed by atoms with E-state index in [1.807, 2.05) is 0 Å². The van der Waals surface area contributed by atoms with Crippen LogP contribution in [0.15, 0.2) is 6.07 Å². The molecule has 1 rings (SSSR count). The number of hydrogen-bond donors (Lipinski definition) is 0. The van der Waals surface area contributed by atoms with E-state index in [1.54, 1.807) is 5.56 Å². The summed E-state index contributed by atoms with van der Waals surface area (Å²) in [5.74, 6) is 0. The van der Waals surface area contributed by atoms with Crippen molar-refractivity contribution in [2.45, 2.75) is 34.1 Å². The molecule has 0 spiro atoms. The minimum absolute atomic E-state index is 1.13. The first kappa shape index (κ1) is 12.3. The van der Waals surface area contributed by atoms with Crippen LogP contribution in [0.2, 0.25) is 0 Å². The van der Waals surface area contributed by atoms with Gasteiger partial charge in [0.05, 0.1) is 0 Å². The standard InChI is InChI=1S/C14H23N/c1-10-9-11(2)13(4)14(12(10)3)7-8-15(5)6/h9H,7-8H2,1-6H3. The monoisotopic (exact) mass is 205 g/mol. The van der Waals surface area contributed by atoms with Gasteiger partial charge in [0.1, 0.15) is 0 Å². The molecule has 0 aliphatic carbocycles. The Balaban J connectivity index is 3.04. The third-order valence-electron chi connectivity index (χ3n) is 3.33. The molecule has 0 unspecified atom stereocenters. The maximum atomic E-state index is 2.30. The highest BCUT2D eigenvalue weighted by molar-refractivity contribution is 5.44. The molecule has 0 aliphatic heterocycles. The van der Waals surface area contributed by atoms with E-state index in [9.17, 15) is 0 Å². The molecule has 0 bridgehead atoms. The molecule has 0 heterocycles. The van der Waals surface area contributed by atoms with Crippen LogP contribution in [0.1, 0.15) is 27.8 Å². The quantitative estimate of drug-likeness (QED) is 0.733. The summed E-state index contributed by atoms with van der Waals surface area (Å²) in [4.78, 5) is 2.25. The van der Waals surface area contributed by atoms with Crippen molar-refractivity contribution in [1.82, 2.24) is 4.90 Å². The fraction of sp³-hybridized carbons (Fsp3) is 0.571. The van der Waals surface area contributed by atoms with Crippen LogP contribution < -0.4 is 0 Å². The second-order valence-electron chi connectivity index (χ2n) is 4.79. The van der Waals surface area contributed by atoms with Crippen molar-refractivity contribution >= 4 is 0 Å². The second-order valence-corrected chi connectivity index (χ2v) is 4.79. The molecule has 1 heteroatoms. The van der Waals surface area contributed by atoms with Crippen molar-refractivity contribution in [3.05, 3.63) is 33.9 Å². The number of rotatable bonds is 3. The van der Waals surface area contributed by atoms with E-state index in [-0.39, 0.29) is 0 Å². The maximum Gasteiger partial charge on any atom is 0.00159 e. The summed E-state index contributed by atoms with van der Waals surface area (Å²) in [7, 11) is 4.26. The summed E-state index contributed by atoms with van der Waals surface area (Å²) in [6.45, 7) is 10.0. The van der Waals surface area contributed by atoms with E-state index < -0.39 is 0 Å². The second kappa shape index (κ2) is 4.80. The van der Waals surface area contributed by atoms with Gasteiger partial charge in [-0.15, -0.1) is 0 Å². The van der Waals surface area contributed by atoms with Crippen LogP contribution in [0.5, 0.6) is 0 Å². The first-order valence-corrected chi connectivity index (χ1v) is 5.64. The number of likely N-dealkylation sites (N-methyl/N-ethyl adjacent to an activating group) is 1. The van der Waals surface area contributed by atoms with Crippen LogP contribution in [0.25, 0.3) is 0 Å². The molecule has 1 nitrogen and oxygen atoms in total. The van der Waals surface area contributed by atoms with Crippen molar-refractivity contribution in [3.63, 3.8) is 0 Å². The molecule has 0 amide bonds. The third-order valence-corrected chi connectivity index (χ3v) is 3.33. The Bertz CT molecular complexity index is 325. The molecular weight excluding hydrogens is 182 g/mol. The topological polar surface area (TPSA) is 3.24 Å². The lowest BCUT2D eigenvalue weighted by Crippen LogP contribution is -2.16. The third kappa shape index (κ3) is 2.82. The lowest BCUT2D eigenvalue weighted by atomic mass is 9.92. The molecule has 0 atom stereocenters. The van der Waals surface area contributed by atoms with Crippen molar-refractivity contribution in [1.29, 1.82) is 0 Å². The number of benzene rings is 1. The average molecular weight is 205 g/mol. The predicted octanol–water partition coefficient (Wildman–Crippen LogP) is 3.02. The molecule has 84 valence electrons. The van der Waals surface area contributed by atoms with Gasteiger partial charge in [0, 0.05) is 6.54 Å². The number of aryl methyl sites for hydroxylation is 2. The minimum Gasteiger partial charge on any atom is -0.309 e. The Morgan fingerprint density at radius 1 is 0.933 bits per heavy atom. The summed E-state index contributed by atoms with van der Waals surface area (Å²) < 4.78 is 0. The highest BCUT2D eigenvalue weighted by Crippen LogP contribution is 2.22. The SMILES string of the molecule is Cc1cc(C)c(C)c(CCN(C)C)c1C. The van der Waals surface area contributed by atoms with Crippen molar-refractivity contribution < 1.29 is 0 Å². The van der Waals surface area contributed by atoms with Crippen LogP contribution in [-0.2, 0) is 6.42 Å². The van der Waals surface area contributed by atoms with Crippen LogP contribution in [0.4, 0.5) is 0 Å². The average Bonchev–Trinajstić information content (AvgIpc) is 2.14. The number of hydrogen-bond acceptors (Lipinski definition) is 1. The van der Waals surface area contributed by atoms with E-state index in [0.29, 0.717) is 0 Å². The van der Waals surface area contributed by atoms with Gasteiger partial charge in [-0.2, -0.15) is 0 Å². The molecule has 0 aromatic heterocycles. The summed E-state index contributed by atoms with van der Waals surface area (Å²) in [6.07, 6.45) is 1.16. The lowest BCUT2D eigenvalue weighted by molar-refractivity contribution is 0.413. The van der Waals surface area contributed by atoms with Gasteiger partial charge in [0.2, 0.25) is 0 Å². The van der Waals surface area contributed by atoms with E-state index in [1.165, 1.54) is 22.3 Å². The fourth-order valence-electron chi connectivity index (χ4n) is 2.01. The largest absolute Gasteiger partial charge is 0.309 e. The first-order valence-electron chi connectivity index (χ1n) is 5.64. The Morgan fingerprint density at radius 2 is 1.40 bits per heavy atom. The molecule has 1 aromatic carbocycles. The van der Waals surface area contributed by atoms with Crippen LogP contribution in [0.3, 0.4) is 0 Å². The van der Waals surface area contributed by atoms with Crippen LogP contribution >= 0.6 is 0 Å². The van der Waals surface area contributed by atoms with Gasteiger partial charge in [-0.3, -0.25) is 0 Å². The van der Waals surface area contributed by atoms with Crippen LogP contribution in [-0.4, -0.2) is 25.5 Å². The van der Waals surface area contributed by atoms with Gasteiger partial charge in [-0.1, -0.05) is 6.07 Å². The zero-order chi connectivity index (χ0) is 11.6. The molecule has 0 saturated heterocycles. The lowest BCUT2D eigenvalue weighted by Gasteiger charge is -2.17. The van der Waals surface area contributed by atoms with Gasteiger partial charge in [0.15, 0.2) is 0 Å². The highest BCUT2D eigenvalue weighted by Gasteiger charge is 2.08. The van der Waals surface area contributed by atoms with Crippen molar-refractivity contribution in [2.75, 3.05) is 20.6 Å². The summed E-state index contributed by atoms with van der Waals surface area (Å²) in [6, 6.07) is 2.30. The van der Waals surface area contributed by atoms with Crippen LogP contribution in [0, 0.1) is 27.7 Å². The summed E-state index contributed by atoms with van der Waals surface area (Å²) in [5.41, 5.74) is 7.33. The fourth-order valence-corrected chi connectivity index (χ4v) is 2.01. The number of nitrogens with zero attached hydrogens (tertiary/aromatic N) is 1.